The Labute approximate surface area is 113 Å². The Kier molecular flexibility index (Phi) is 3.98. The molecule has 0 spiro atoms. The van der Waals surface area contributed by atoms with E-state index in [0.717, 1.165) is 18.3 Å². The molecule has 0 aliphatic heterocycles. The summed E-state index contributed by atoms with van der Waals surface area (Å²) in [4.78, 5) is 2.17. The van der Waals surface area contributed by atoms with Crippen LogP contribution in [0.15, 0.2) is 10.6 Å². The Morgan fingerprint density at radius 2 is 2.35 bits per heavy atom. The van der Waals surface area contributed by atoms with Gasteiger partial charge in [-0.2, -0.15) is 5.26 Å². The zero-order valence-corrected chi connectivity index (χ0v) is 12.5. The summed E-state index contributed by atoms with van der Waals surface area (Å²) in [5.41, 5.74) is 2.07. The number of hydrogen-bond acceptors (Lipinski definition) is 1. The summed E-state index contributed by atoms with van der Waals surface area (Å²) in [5, 5.41) is 8.91. The highest BCUT2D eigenvalue weighted by Crippen LogP contribution is 2.59. The van der Waals surface area contributed by atoms with Crippen LogP contribution >= 0.6 is 15.9 Å². The normalized spacial score (nSPS) is 40.9. The van der Waals surface area contributed by atoms with E-state index in [9.17, 15) is 0 Å². The molecule has 0 saturated heterocycles. The zero-order chi connectivity index (χ0) is 12.5. The molecule has 4 atom stereocenters. The first-order chi connectivity index (χ1) is 8.13. The van der Waals surface area contributed by atoms with E-state index in [4.69, 9.17) is 5.26 Å². The van der Waals surface area contributed by atoms with Crippen molar-refractivity contribution in [2.24, 2.45) is 23.2 Å². The van der Waals surface area contributed by atoms with Crippen molar-refractivity contribution in [2.45, 2.75) is 52.4 Å². The van der Waals surface area contributed by atoms with Gasteiger partial charge < -0.3 is 0 Å². The predicted molar refractivity (Wildman–Crippen MR) is 74.6 cm³/mol. The predicted octanol–water partition coefficient (Wildman–Crippen LogP) is 5.03. The van der Waals surface area contributed by atoms with Crippen molar-refractivity contribution < 1.29 is 0 Å². The summed E-state index contributed by atoms with van der Waals surface area (Å²) in [7, 11) is 0. The molecule has 2 unspecified atom stereocenters. The van der Waals surface area contributed by atoms with E-state index in [1.165, 1.54) is 32.1 Å². The third-order valence-electron chi connectivity index (χ3n) is 5.28. The van der Waals surface area contributed by atoms with E-state index < -0.39 is 0 Å². The lowest BCUT2D eigenvalue weighted by molar-refractivity contribution is 0.0993. The summed E-state index contributed by atoms with van der Waals surface area (Å²) in [6.45, 7) is 4.74. The van der Waals surface area contributed by atoms with Crippen LogP contribution in [0.4, 0.5) is 0 Å². The Morgan fingerprint density at radius 3 is 3.00 bits per heavy atom. The van der Waals surface area contributed by atoms with Gasteiger partial charge in [-0.25, -0.2) is 0 Å². The highest BCUT2D eigenvalue weighted by atomic mass is 79.9. The van der Waals surface area contributed by atoms with Crippen molar-refractivity contribution in [3.8, 4) is 6.07 Å². The average molecular weight is 296 g/mol. The molecular formula is C15H22BrN. The number of allylic oxidation sites excluding steroid dienone is 1. The van der Waals surface area contributed by atoms with Crippen molar-refractivity contribution in [3.05, 3.63) is 10.6 Å². The maximum atomic E-state index is 8.91. The summed E-state index contributed by atoms with van der Waals surface area (Å²) < 4.78 is 0. The maximum absolute atomic E-state index is 8.91. The summed E-state index contributed by atoms with van der Waals surface area (Å²) >= 11 is 3.54. The van der Waals surface area contributed by atoms with Gasteiger partial charge in [-0.05, 0) is 60.3 Å². The molecule has 0 heterocycles. The molecule has 94 valence electrons. The van der Waals surface area contributed by atoms with Crippen molar-refractivity contribution in [1.82, 2.24) is 0 Å². The standard InChI is InChI=1S/C15H22BrN/c1-11(7-9-17)13-5-6-14-12(10-16)4-3-8-15(13,14)2/h10-11,13-14H,3-8H2,1-2H3/b12-10+/t11-,13?,14+,15?/m1/s1. The van der Waals surface area contributed by atoms with Gasteiger partial charge in [0.15, 0.2) is 0 Å². The van der Waals surface area contributed by atoms with Gasteiger partial charge in [0.1, 0.15) is 0 Å². The molecule has 0 amide bonds. The van der Waals surface area contributed by atoms with Crippen LogP contribution in [0.1, 0.15) is 52.4 Å². The van der Waals surface area contributed by atoms with Crippen molar-refractivity contribution in [1.29, 1.82) is 5.26 Å². The van der Waals surface area contributed by atoms with E-state index in [0.29, 0.717) is 11.3 Å². The molecule has 0 aromatic rings. The average Bonchev–Trinajstić information content (AvgIpc) is 2.66. The van der Waals surface area contributed by atoms with Crippen molar-refractivity contribution >= 4 is 15.9 Å². The number of fused-ring (bicyclic) bond motifs is 1. The van der Waals surface area contributed by atoms with E-state index in [2.05, 4.69) is 40.8 Å². The van der Waals surface area contributed by atoms with E-state index >= 15 is 0 Å². The minimum Gasteiger partial charge on any atom is -0.198 e. The number of nitriles is 1. The molecule has 2 saturated carbocycles. The van der Waals surface area contributed by atoms with E-state index in [1.807, 2.05) is 0 Å². The number of rotatable bonds is 2. The Morgan fingerprint density at radius 1 is 1.59 bits per heavy atom. The summed E-state index contributed by atoms with van der Waals surface area (Å²) in [5.74, 6) is 2.07. The van der Waals surface area contributed by atoms with Crippen LogP contribution in [-0.4, -0.2) is 0 Å². The minimum atomic E-state index is 0.452. The fourth-order valence-electron chi connectivity index (χ4n) is 4.43. The van der Waals surface area contributed by atoms with Crippen LogP contribution in [0, 0.1) is 34.5 Å². The topological polar surface area (TPSA) is 23.8 Å². The van der Waals surface area contributed by atoms with Gasteiger partial charge in [0.05, 0.1) is 6.07 Å². The smallest absolute Gasteiger partial charge is 0.0624 e. The quantitative estimate of drug-likeness (QED) is 0.701. The van der Waals surface area contributed by atoms with E-state index in [1.54, 1.807) is 5.57 Å². The molecule has 2 fully saturated rings. The number of halogens is 1. The second-order valence-electron chi connectivity index (χ2n) is 6.12. The van der Waals surface area contributed by atoms with E-state index in [-0.39, 0.29) is 0 Å². The SMILES string of the molecule is C[C@H](CC#N)C1CC[C@H]2/C(=C/Br)CCCC12C. The molecule has 0 aromatic heterocycles. The molecule has 0 bridgehead atoms. The van der Waals surface area contributed by atoms with Gasteiger partial charge in [-0.15, -0.1) is 0 Å². The third-order valence-corrected chi connectivity index (χ3v) is 5.87. The fraction of sp³-hybridized carbons (Fsp3) is 0.800. The largest absolute Gasteiger partial charge is 0.198 e. The van der Waals surface area contributed by atoms with Crippen molar-refractivity contribution in [3.63, 3.8) is 0 Å². The minimum absolute atomic E-state index is 0.452. The molecule has 0 N–H and O–H groups in total. The lowest BCUT2D eigenvalue weighted by Gasteiger charge is -2.44. The van der Waals surface area contributed by atoms with Gasteiger partial charge in [0.2, 0.25) is 0 Å². The number of hydrogen-bond donors (Lipinski definition) is 0. The molecule has 0 aromatic carbocycles. The Balaban J connectivity index is 2.21. The first kappa shape index (κ1) is 13.1. The third kappa shape index (κ3) is 2.19. The summed E-state index contributed by atoms with van der Waals surface area (Å²) in [6.07, 6.45) is 7.30. The van der Waals surface area contributed by atoms with Crippen LogP contribution in [-0.2, 0) is 0 Å². The molecular weight excluding hydrogens is 274 g/mol. The van der Waals surface area contributed by atoms with Crippen LogP contribution < -0.4 is 0 Å². The van der Waals surface area contributed by atoms with Crippen LogP contribution in [0.25, 0.3) is 0 Å². The monoisotopic (exact) mass is 295 g/mol. The second-order valence-corrected chi connectivity index (χ2v) is 6.58. The molecule has 1 nitrogen and oxygen atoms in total. The highest BCUT2D eigenvalue weighted by Gasteiger charge is 2.50. The van der Waals surface area contributed by atoms with Crippen LogP contribution in [0.5, 0.6) is 0 Å². The first-order valence-electron chi connectivity index (χ1n) is 6.79. The van der Waals surface area contributed by atoms with Gasteiger partial charge in [-0.3, -0.25) is 0 Å². The van der Waals surface area contributed by atoms with Crippen LogP contribution in [0.3, 0.4) is 0 Å². The molecule has 2 aliphatic rings. The molecule has 2 aliphatic carbocycles. The molecule has 0 radical (unpaired) electrons. The number of nitrogens with zero attached hydrogens (tertiary/aromatic N) is 1. The summed E-state index contributed by atoms with van der Waals surface area (Å²) in [6, 6.07) is 2.36. The molecule has 2 rings (SSSR count). The van der Waals surface area contributed by atoms with Gasteiger partial charge in [-0.1, -0.05) is 35.4 Å². The van der Waals surface area contributed by atoms with Crippen LogP contribution in [0.2, 0.25) is 0 Å². The highest BCUT2D eigenvalue weighted by molar-refractivity contribution is 9.11. The Hall–Kier alpha value is -0.290. The zero-order valence-electron chi connectivity index (χ0n) is 10.9. The molecule has 2 heteroatoms. The van der Waals surface area contributed by atoms with Crippen molar-refractivity contribution in [2.75, 3.05) is 0 Å². The lowest BCUT2D eigenvalue weighted by Crippen LogP contribution is -2.35. The Bertz CT molecular complexity index is 354. The fourth-order valence-corrected chi connectivity index (χ4v) is 4.98. The maximum Gasteiger partial charge on any atom is 0.0624 e. The van der Waals surface area contributed by atoms with Gasteiger partial charge in [0, 0.05) is 6.42 Å². The van der Waals surface area contributed by atoms with Gasteiger partial charge in [0.25, 0.3) is 0 Å². The molecule has 17 heavy (non-hydrogen) atoms. The first-order valence-corrected chi connectivity index (χ1v) is 7.71. The lowest BCUT2D eigenvalue weighted by atomic mass is 9.61. The van der Waals surface area contributed by atoms with Gasteiger partial charge >= 0.3 is 0 Å². The second kappa shape index (κ2) is 5.14.